The molecule has 106 valence electrons. The van der Waals surface area contributed by atoms with E-state index in [2.05, 4.69) is 25.6 Å². The van der Waals surface area contributed by atoms with Crippen LogP contribution in [-0.4, -0.2) is 30.9 Å². The van der Waals surface area contributed by atoms with Crippen LogP contribution in [0.15, 0.2) is 36.7 Å². The van der Waals surface area contributed by atoms with Crippen LogP contribution in [0.3, 0.4) is 0 Å². The Hall–Kier alpha value is -2.96. The standard InChI is InChI=1S/C14H14N6O/c1-9-13(10(2)19-18-9)17-14(21)11-5-3-6-12(16-11)20-8-4-7-15-20/h3-8H,1-2H3,(H,17,21)(H,18,19). The molecule has 0 saturated heterocycles. The molecule has 0 radical (unpaired) electrons. The average Bonchev–Trinajstić information content (AvgIpc) is 3.13. The van der Waals surface area contributed by atoms with Crippen LogP contribution in [0.1, 0.15) is 21.9 Å². The minimum atomic E-state index is -0.281. The van der Waals surface area contributed by atoms with Gasteiger partial charge in [0.25, 0.3) is 5.91 Å². The molecule has 7 heteroatoms. The van der Waals surface area contributed by atoms with E-state index in [0.29, 0.717) is 17.2 Å². The van der Waals surface area contributed by atoms with E-state index in [1.54, 1.807) is 41.3 Å². The molecule has 3 aromatic rings. The van der Waals surface area contributed by atoms with Crippen molar-refractivity contribution in [2.45, 2.75) is 13.8 Å². The van der Waals surface area contributed by atoms with Crippen molar-refractivity contribution in [3.05, 3.63) is 53.7 Å². The predicted octanol–water partition coefficient (Wildman–Crippen LogP) is 1.86. The van der Waals surface area contributed by atoms with E-state index in [1.165, 1.54) is 0 Å². The molecule has 0 atom stereocenters. The van der Waals surface area contributed by atoms with E-state index in [-0.39, 0.29) is 5.91 Å². The van der Waals surface area contributed by atoms with Gasteiger partial charge in [-0.1, -0.05) is 6.07 Å². The smallest absolute Gasteiger partial charge is 0.274 e. The second kappa shape index (κ2) is 5.20. The number of aryl methyl sites for hydroxylation is 2. The summed E-state index contributed by atoms with van der Waals surface area (Å²) in [6, 6.07) is 7.02. The van der Waals surface area contributed by atoms with E-state index in [9.17, 15) is 4.79 Å². The number of anilines is 1. The van der Waals surface area contributed by atoms with Crippen molar-refractivity contribution >= 4 is 11.6 Å². The number of rotatable bonds is 3. The van der Waals surface area contributed by atoms with E-state index in [4.69, 9.17) is 0 Å². The summed E-state index contributed by atoms with van der Waals surface area (Å²) in [7, 11) is 0. The van der Waals surface area contributed by atoms with Gasteiger partial charge in [-0.2, -0.15) is 10.2 Å². The van der Waals surface area contributed by atoms with Crippen LogP contribution < -0.4 is 5.32 Å². The minimum absolute atomic E-state index is 0.281. The number of nitrogens with one attached hydrogen (secondary N) is 2. The highest BCUT2D eigenvalue weighted by Crippen LogP contribution is 2.17. The first-order valence-corrected chi connectivity index (χ1v) is 6.45. The zero-order chi connectivity index (χ0) is 14.8. The fraction of sp³-hybridized carbons (Fsp3) is 0.143. The number of hydrogen-bond acceptors (Lipinski definition) is 4. The lowest BCUT2D eigenvalue weighted by Crippen LogP contribution is -2.15. The van der Waals surface area contributed by atoms with Crippen LogP contribution in [0.2, 0.25) is 0 Å². The lowest BCUT2D eigenvalue weighted by atomic mass is 10.3. The first kappa shape index (κ1) is 13.0. The summed E-state index contributed by atoms with van der Waals surface area (Å²) in [5.74, 6) is 0.310. The molecule has 0 spiro atoms. The lowest BCUT2D eigenvalue weighted by Gasteiger charge is -2.06. The predicted molar refractivity (Wildman–Crippen MR) is 77.4 cm³/mol. The zero-order valence-corrected chi connectivity index (χ0v) is 11.7. The van der Waals surface area contributed by atoms with Gasteiger partial charge in [0.2, 0.25) is 0 Å². The summed E-state index contributed by atoms with van der Waals surface area (Å²) in [6.45, 7) is 3.68. The SMILES string of the molecule is Cc1n[nH]c(C)c1NC(=O)c1cccc(-n2cccn2)n1. The molecular formula is C14H14N6O. The fourth-order valence-electron chi connectivity index (χ4n) is 1.99. The molecule has 0 fully saturated rings. The van der Waals surface area contributed by atoms with Gasteiger partial charge in [0.05, 0.1) is 17.1 Å². The molecule has 1 amide bonds. The molecule has 0 saturated carbocycles. The number of amides is 1. The van der Waals surface area contributed by atoms with Crippen molar-refractivity contribution in [2.75, 3.05) is 5.32 Å². The van der Waals surface area contributed by atoms with Gasteiger partial charge in [0.15, 0.2) is 5.82 Å². The highest BCUT2D eigenvalue weighted by Gasteiger charge is 2.13. The summed E-state index contributed by atoms with van der Waals surface area (Å²) in [5, 5.41) is 13.8. The van der Waals surface area contributed by atoms with Gasteiger partial charge < -0.3 is 5.32 Å². The van der Waals surface area contributed by atoms with Crippen molar-refractivity contribution in [3.63, 3.8) is 0 Å². The minimum Gasteiger partial charge on any atom is -0.317 e. The first-order chi connectivity index (χ1) is 10.1. The maximum absolute atomic E-state index is 12.3. The van der Waals surface area contributed by atoms with Crippen LogP contribution in [0.5, 0.6) is 0 Å². The Bertz CT molecular complexity index is 755. The second-order valence-electron chi connectivity index (χ2n) is 4.59. The first-order valence-electron chi connectivity index (χ1n) is 6.45. The van der Waals surface area contributed by atoms with Gasteiger partial charge >= 0.3 is 0 Å². The van der Waals surface area contributed by atoms with E-state index < -0.39 is 0 Å². The van der Waals surface area contributed by atoms with E-state index in [1.807, 2.05) is 13.8 Å². The number of aromatic amines is 1. The maximum Gasteiger partial charge on any atom is 0.274 e. The van der Waals surface area contributed by atoms with Crippen LogP contribution in [-0.2, 0) is 0 Å². The number of hydrogen-bond donors (Lipinski definition) is 2. The third-order valence-electron chi connectivity index (χ3n) is 3.07. The van der Waals surface area contributed by atoms with Crippen molar-refractivity contribution in [1.82, 2.24) is 25.0 Å². The number of carbonyl (C=O) groups is 1. The topological polar surface area (TPSA) is 88.5 Å². The highest BCUT2D eigenvalue weighted by atomic mass is 16.1. The number of H-pyrrole nitrogens is 1. The Morgan fingerprint density at radius 3 is 2.81 bits per heavy atom. The third kappa shape index (κ3) is 2.53. The van der Waals surface area contributed by atoms with Crippen LogP contribution in [0.25, 0.3) is 5.82 Å². The van der Waals surface area contributed by atoms with Gasteiger partial charge in [-0.3, -0.25) is 9.89 Å². The number of pyridine rings is 1. The van der Waals surface area contributed by atoms with Gasteiger partial charge in [-0.15, -0.1) is 0 Å². The number of carbonyl (C=O) groups excluding carboxylic acids is 1. The molecule has 0 aliphatic rings. The van der Waals surface area contributed by atoms with Gasteiger partial charge in [-0.25, -0.2) is 9.67 Å². The largest absolute Gasteiger partial charge is 0.317 e. The van der Waals surface area contributed by atoms with E-state index in [0.717, 1.165) is 11.4 Å². The summed E-state index contributed by atoms with van der Waals surface area (Å²) >= 11 is 0. The second-order valence-corrected chi connectivity index (χ2v) is 4.59. The van der Waals surface area contributed by atoms with Crippen molar-refractivity contribution in [2.24, 2.45) is 0 Å². The normalized spacial score (nSPS) is 10.6. The summed E-state index contributed by atoms with van der Waals surface area (Å²) in [4.78, 5) is 16.6. The molecule has 21 heavy (non-hydrogen) atoms. The molecule has 0 bridgehead atoms. The molecule has 3 aromatic heterocycles. The van der Waals surface area contributed by atoms with Crippen LogP contribution >= 0.6 is 0 Å². The monoisotopic (exact) mass is 282 g/mol. The maximum atomic E-state index is 12.3. The van der Waals surface area contributed by atoms with E-state index >= 15 is 0 Å². The average molecular weight is 282 g/mol. The van der Waals surface area contributed by atoms with Gasteiger partial charge in [0.1, 0.15) is 5.69 Å². The Labute approximate surface area is 121 Å². The molecular weight excluding hydrogens is 268 g/mol. The van der Waals surface area contributed by atoms with Crippen molar-refractivity contribution in [3.8, 4) is 5.82 Å². The molecule has 7 nitrogen and oxygen atoms in total. The molecule has 0 aromatic carbocycles. The van der Waals surface area contributed by atoms with Gasteiger partial charge in [-0.05, 0) is 32.0 Å². The summed E-state index contributed by atoms with van der Waals surface area (Å²) < 4.78 is 1.60. The Balaban J connectivity index is 1.87. The quantitative estimate of drug-likeness (QED) is 0.767. The number of nitrogens with zero attached hydrogens (tertiary/aromatic N) is 4. The zero-order valence-electron chi connectivity index (χ0n) is 11.7. The molecule has 3 heterocycles. The van der Waals surface area contributed by atoms with Crippen LogP contribution in [0, 0.1) is 13.8 Å². The lowest BCUT2D eigenvalue weighted by molar-refractivity contribution is 0.102. The molecule has 2 N–H and O–H groups in total. The number of aromatic nitrogens is 5. The molecule has 0 unspecified atom stereocenters. The van der Waals surface area contributed by atoms with Crippen LogP contribution in [0.4, 0.5) is 5.69 Å². The molecule has 0 aliphatic heterocycles. The molecule has 3 rings (SSSR count). The van der Waals surface area contributed by atoms with Crippen molar-refractivity contribution < 1.29 is 4.79 Å². The summed E-state index contributed by atoms with van der Waals surface area (Å²) in [6.07, 6.45) is 3.43. The van der Waals surface area contributed by atoms with Gasteiger partial charge in [0, 0.05) is 12.4 Å². The Morgan fingerprint density at radius 2 is 2.14 bits per heavy atom. The summed E-state index contributed by atoms with van der Waals surface area (Å²) in [5.41, 5.74) is 2.56. The van der Waals surface area contributed by atoms with Crippen molar-refractivity contribution in [1.29, 1.82) is 0 Å². The Kier molecular flexibility index (Phi) is 3.23. The fourth-order valence-corrected chi connectivity index (χ4v) is 1.99. The third-order valence-corrected chi connectivity index (χ3v) is 3.07. The molecule has 0 aliphatic carbocycles. The highest BCUT2D eigenvalue weighted by molar-refractivity contribution is 6.03. The Morgan fingerprint density at radius 1 is 1.29 bits per heavy atom.